The van der Waals surface area contributed by atoms with Crippen molar-refractivity contribution in [2.75, 3.05) is 26.3 Å². The zero-order valence-corrected chi connectivity index (χ0v) is 15.2. The van der Waals surface area contributed by atoms with Gasteiger partial charge in [0.1, 0.15) is 5.69 Å². The summed E-state index contributed by atoms with van der Waals surface area (Å²) in [5, 5.41) is 5.36. The Bertz CT molecular complexity index is 880. The maximum absolute atomic E-state index is 13.1. The summed E-state index contributed by atoms with van der Waals surface area (Å²) in [6.45, 7) is 4.74. The number of hydrogen-bond acceptors (Lipinski definition) is 3. The number of aryl methyl sites for hydroxylation is 1. The van der Waals surface area contributed by atoms with E-state index in [2.05, 4.69) is 10.1 Å². The Morgan fingerprint density at radius 2 is 2.19 bits per heavy atom. The average molecular weight is 352 g/mol. The van der Waals surface area contributed by atoms with Gasteiger partial charge in [0.25, 0.3) is 5.91 Å². The third-order valence-corrected chi connectivity index (χ3v) is 5.18. The highest BCUT2D eigenvalue weighted by Crippen LogP contribution is 2.33. The Morgan fingerprint density at radius 1 is 1.35 bits per heavy atom. The number of nitrogens with one attached hydrogen (secondary N) is 1. The minimum atomic E-state index is 0.0501. The van der Waals surface area contributed by atoms with Crippen LogP contribution in [0.15, 0.2) is 42.7 Å². The number of amides is 1. The van der Waals surface area contributed by atoms with E-state index in [1.54, 1.807) is 0 Å². The van der Waals surface area contributed by atoms with Gasteiger partial charge in [0.2, 0.25) is 0 Å². The molecule has 1 aliphatic rings. The Hall–Kier alpha value is -2.60. The van der Waals surface area contributed by atoms with Crippen LogP contribution in [0.2, 0.25) is 0 Å². The Morgan fingerprint density at radius 3 is 2.92 bits per heavy atom. The van der Waals surface area contributed by atoms with Gasteiger partial charge in [-0.3, -0.25) is 9.48 Å². The molecule has 0 radical (unpaired) electrons. The lowest BCUT2D eigenvalue weighted by Gasteiger charge is -2.16. The van der Waals surface area contributed by atoms with Crippen molar-refractivity contribution in [1.82, 2.24) is 19.7 Å². The molecule has 0 spiro atoms. The van der Waals surface area contributed by atoms with E-state index in [4.69, 9.17) is 4.74 Å². The van der Waals surface area contributed by atoms with E-state index < -0.39 is 0 Å². The van der Waals surface area contributed by atoms with E-state index in [1.165, 1.54) is 5.56 Å². The summed E-state index contributed by atoms with van der Waals surface area (Å²) in [5.41, 5.74) is 2.81. The molecule has 0 saturated carbocycles. The second-order valence-corrected chi connectivity index (χ2v) is 6.95. The molecule has 1 saturated heterocycles. The second kappa shape index (κ2) is 6.96. The zero-order valence-electron chi connectivity index (χ0n) is 15.2. The van der Waals surface area contributed by atoms with Gasteiger partial charge in [0.15, 0.2) is 0 Å². The zero-order chi connectivity index (χ0) is 18.1. The maximum Gasteiger partial charge on any atom is 0.270 e. The molecule has 3 aromatic rings. The first-order valence-corrected chi connectivity index (χ1v) is 9.09. The summed E-state index contributed by atoms with van der Waals surface area (Å²) in [4.78, 5) is 18.2. The SMILES string of the molecule is CCOC[C@@H]1CN(C(=O)c2cc3ccccc3[nH]2)C[C@H]1c1cnn(C)c1. The van der Waals surface area contributed by atoms with Gasteiger partial charge >= 0.3 is 0 Å². The fourth-order valence-corrected chi connectivity index (χ4v) is 3.84. The highest BCUT2D eigenvalue weighted by molar-refractivity contribution is 5.98. The second-order valence-electron chi connectivity index (χ2n) is 6.95. The molecule has 1 aromatic carbocycles. The molecule has 6 nitrogen and oxygen atoms in total. The molecule has 1 fully saturated rings. The molecule has 3 heterocycles. The van der Waals surface area contributed by atoms with Crippen LogP contribution in [0.4, 0.5) is 0 Å². The van der Waals surface area contributed by atoms with Crippen molar-refractivity contribution in [3.63, 3.8) is 0 Å². The molecular formula is C20H24N4O2. The number of hydrogen-bond donors (Lipinski definition) is 1. The number of aromatic nitrogens is 3. The van der Waals surface area contributed by atoms with Gasteiger partial charge in [-0.25, -0.2) is 0 Å². The number of H-pyrrole nitrogens is 1. The standard InChI is InChI=1S/C20H24N4O2/c1-3-26-13-16-11-24(12-17(16)15-9-21-23(2)10-15)20(25)19-8-14-6-4-5-7-18(14)22-19/h4-10,16-17,22H,3,11-13H2,1-2H3/t16-,17-/m0/s1. The molecule has 2 aromatic heterocycles. The quantitative estimate of drug-likeness (QED) is 0.768. The lowest BCUT2D eigenvalue weighted by Crippen LogP contribution is -2.29. The molecule has 0 unspecified atom stereocenters. The summed E-state index contributed by atoms with van der Waals surface area (Å²) in [7, 11) is 1.92. The van der Waals surface area contributed by atoms with E-state index in [0.29, 0.717) is 32.0 Å². The number of benzene rings is 1. The Kier molecular flexibility index (Phi) is 4.51. The Balaban J connectivity index is 1.57. The van der Waals surface area contributed by atoms with Gasteiger partial charge in [0, 0.05) is 55.7 Å². The van der Waals surface area contributed by atoms with Crippen molar-refractivity contribution in [2.45, 2.75) is 12.8 Å². The third kappa shape index (κ3) is 3.12. The lowest BCUT2D eigenvalue weighted by molar-refractivity contribution is 0.0758. The largest absolute Gasteiger partial charge is 0.381 e. The number of fused-ring (bicyclic) bond motifs is 1. The molecule has 1 amide bonds. The third-order valence-electron chi connectivity index (χ3n) is 5.18. The number of carbonyl (C=O) groups excluding carboxylic acids is 1. The summed E-state index contributed by atoms with van der Waals surface area (Å²) in [6.07, 6.45) is 3.95. The number of nitrogens with zero attached hydrogens (tertiary/aromatic N) is 3. The van der Waals surface area contributed by atoms with Gasteiger partial charge in [-0.2, -0.15) is 5.10 Å². The molecule has 2 atom stereocenters. The number of para-hydroxylation sites is 1. The highest BCUT2D eigenvalue weighted by atomic mass is 16.5. The smallest absolute Gasteiger partial charge is 0.270 e. The van der Waals surface area contributed by atoms with Crippen LogP contribution >= 0.6 is 0 Å². The molecule has 0 bridgehead atoms. The van der Waals surface area contributed by atoms with E-state index >= 15 is 0 Å². The van der Waals surface area contributed by atoms with Gasteiger partial charge in [-0.15, -0.1) is 0 Å². The fourth-order valence-electron chi connectivity index (χ4n) is 3.84. The summed E-state index contributed by atoms with van der Waals surface area (Å²) in [5.74, 6) is 0.588. The molecule has 1 N–H and O–H groups in total. The molecule has 26 heavy (non-hydrogen) atoms. The predicted octanol–water partition coefficient (Wildman–Crippen LogP) is 2.79. The van der Waals surface area contributed by atoms with E-state index in [0.717, 1.165) is 10.9 Å². The van der Waals surface area contributed by atoms with Crippen LogP contribution in [0.5, 0.6) is 0 Å². The summed E-state index contributed by atoms with van der Waals surface area (Å²) < 4.78 is 7.50. The number of ether oxygens (including phenoxy) is 1. The Labute approximate surface area is 152 Å². The molecule has 136 valence electrons. The summed E-state index contributed by atoms with van der Waals surface area (Å²) >= 11 is 0. The lowest BCUT2D eigenvalue weighted by atomic mass is 9.92. The van der Waals surface area contributed by atoms with Crippen LogP contribution in [-0.4, -0.2) is 51.9 Å². The number of carbonyl (C=O) groups is 1. The minimum Gasteiger partial charge on any atom is -0.381 e. The van der Waals surface area contributed by atoms with Gasteiger partial charge in [-0.1, -0.05) is 18.2 Å². The van der Waals surface area contributed by atoms with Crippen molar-refractivity contribution < 1.29 is 9.53 Å². The molecule has 1 aliphatic heterocycles. The van der Waals surface area contributed by atoms with Crippen molar-refractivity contribution >= 4 is 16.8 Å². The molecule has 0 aliphatic carbocycles. The van der Waals surface area contributed by atoms with Crippen molar-refractivity contribution in [3.8, 4) is 0 Å². The summed E-state index contributed by atoms with van der Waals surface area (Å²) in [6, 6.07) is 9.90. The number of aromatic amines is 1. The van der Waals surface area contributed by atoms with Gasteiger partial charge in [-0.05, 0) is 24.6 Å². The van der Waals surface area contributed by atoms with E-state index in [1.807, 2.05) is 66.3 Å². The molecule has 4 rings (SSSR count). The topological polar surface area (TPSA) is 63.1 Å². The maximum atomic E-state index is 13.1. The van der Waals surface area contributed by atoms with Crippen molar-refractivity contribution in [2.24, 2.45) is 13.0 Å². The van der Waals surface area contributed by atoms with Crippen LogP contribution in [0.1, 0.15) is 28.9 Å². The van der Waals surface area contributed by atoms with Crippen molar-refractivity contribution in [3.05, 3.63) is 54.0 Å². The first-order chi connectivity index (χ1) is 12.7. The monoisotopic (exact) mass is 352 g/mol. The molecular weight excluding hydrogens is 328 g/mol. The fraction of sp³-hybridized carbons (Fsp3) is 0.400. The van der Waals surface area contributed by atoms with Crippen LogP contribution in [0, 0.1) is 5.92 Å². The van der Waals surface area contributed by atoms with Gasteiger partial charge < -0.3 is 14.6 Å². The van der Waals surface area contributed by atoms with E-state index in [-0.39, 0.29) is 17.7 Å². The van der Waals surface area contributed by atoms with Gasteiger partial charge in [0.05, 0.1) is 12.8 Å². The minimum absolute atomic E-state index is 0.0501. The molecule has 6 heteroatoms. The predicted molar refractivity (Wildman–Crippen MR) is 100 cm³/mol. The van der Waals surface area contributed by atoms with Crippen LogP contribution in [0.25, 0.3) is 10.9 Å². The first-order valence-electron chi connectivity index (χ1n) is 9.09. The van der Waals surface area contributed by atoms with Crippen LogP contribution in [-0.2, 0) is 11.8 Å². The number of likely N-dealkylation sites (tertiary alicyclic amines) is 1. The average Bonchev–Trinajstić information content (AvgIpc) is 3.36. The number of rotatable bonds is 5. The normalized spacial score (nSPS) is 20.2. The van der Waals surface area contributed by atoms with E-state index in [9.17, 15) is 4.79 Å². The van der Waals surface area contributed by atoms with Crippen molar-refractivity contribution in [1.29, 1.82) is 0 Å². The first kappa shape index (κ1) is 16.8. The van der Waals surface area contributed by atoms with Crippen LogP contribution < -0.4 is 0 Å². The van der Waals surface area contributed by atoms with Crippen LogP contribution in [0.3, 0.4) is 0 Å². The highest BCUT2D eigenvalue weighted by Gasteiger charge is 2.37.